The summed E-state index contributed by atoms with van der Waals surface area (Å²) in [5, 5.41) is 3.17. The van der Waals surface area contributed by atoms with Crippen LogP contribution in [-0.4, -0.2) is 27.6 Å². The first-order chi connectivity index (χ1) is 12.1. The van der Waals surface area contributed by atoms with Crippen LogP contribution < -0.4 is 9.62 Å². The molecule has 0 radical (unpaired) electrons. The van der Waals surface area contributed by atoms with Crippen LogP contribution in [0.2, 0.25) is 5.02 Å². The smallest absolute Gasteiger partial charge is 0.253 e. The van der Waals surface area contributed by atoms with Crippen molar-refractivity contribution in [1.82, 2.24) is 5.32 Å². The minimum Gasteiger partial charge on any atom is -0.345 e. The molecular weight excluding hydrogens is 372 g/mol. The lowest BCUT2D eigenvalue weighted by atomic mass is 10.0. The number of hydrogen-bond acceptors (Lipinski definition) is 3. The molecule has 1 amide bonds. The van der Waals surface area contributed by atoms with Crippen molar-refractivity contribution in [1.29, 1.82) is 0 Å². The van der Waals surface area contributed by atoms with Crippen LogP contribution in [0.5, 0.6) is 0 Å². The molecule has 0 spiro atoms. The molecular formula is C19H23ClN2O3S. The number of carbonyl (C=O) groups excluding carboxylic acids is 1. The van der Waals surface area contributed by atoms with Crippen molar-refractivity contribution in [3.05, 3.63) is 64.2 Å². The van der Waals surface area contributed by atoms with E-state index in [1.807, 2.05) is 31.2 Å². The van der Waals surface area contributed by atoms with E-state index in [4.69, 9.17) is 11.6 Å². The Bertz CT molecular complexity index is 896. The summed E-state index contributed by atoms with van der Waals surface area (Å²) in [6.45, 7) is 3.97. The normalized spacial score (nSPS) is 12.5. The van der Waals surface area contributed by atoms with Gasteiger partial charge in [-0.1, -0.05) is 42.8 Å². The van der Waals surface area contributed by atoms with Gasteiger partial charge in [0, 0.05) is 7.05 Å². The van der Waals surface area contributed by atoms with E-state index < -0.39 is 10.0 Å². The molecule has 7 heteroatoms. The third kappa shape index (κ3) is 4.77. The number of benzene rings is 2. The average molecular weight is 395 g/mol. The summed E-state index contributed by atoms with van der Waals surface area (Å²) >= 11 is 6.15. The zero-order valence-corrected chi connectivity index (χ0v) is 16.9. The molecule has 0 aliphatic rings. The highest BCUT2D eigenvalue weighted by molar-refractivity contribution is 7.92. The third-order valence-electron chi connectivity index (χ3n) is 4.29. The molecule has 1 N–H and O–H groups in total. The predicted octanol–water partition coefficient (Wildman–Crippen LogP) is 3.79. The lowest BCUT2D eigenvalue weighted by Gasteiger charge is -2.19. The molecule has 0 fully saturated rings. The Morgan fingerprint density at radius 1 is 1.19 bits per heavy atom. The molecule has 5 nitrogen and oxygen atoms in total. The number of carbonyl (C=O) groups is 1. The zero-order chi connectivity index (χ0) is 19.5. The van der Waals surface area contributed by atoms with Crippen LogP contribution in [0.25, 0.3) is 0 Å². The second-order valence-corrected chi connectivity index (χ2v) is 8.61. The van der Waals surface area contributed by atoms with Gasteiger partial charge in [-0.2, -0.15) is 0 Å². The number of sulfonamides is 1. The highest BCUT2D eigenvalue weighted by Crippen LogP contribution is 2.25. The largest absolute Gasteiger partial charge is 0.345 e. The fraction of sp³-hybridized carbons (Fsp3) is 0.316. The first-order valence-corrected chi connectivity index (χ1v) is 10.5. The molecule has 0 saturated carbocycles. The molecule has 0 aliphatic carbocycles. The van der Waals surface area contributed by atoms with Gasteiger partial charge in [0.25, 0.3) is 5.91 Å². The van der Waals surface area contributed by atoms with Gasteiger partial charge in [0.15, 0.2) is 0 Å². The van der Waals surface area contributed by atoms with E-state index in [1.54, 1.807) is 6.07 Å². The number of aryl methyl sites for hydroxylation is 1. The summed E-state index contributed by atoms with van der Waals surface area (Å²) in [7, 11) is -2.00. The molecule has 26 heavy (non-hydrogen) atoms. The summed E-state index contributed by atoms with van der Waals surface area (Å²) in [5.74, 6) is -0.356. The first kappa shape index (κ1) is 20.3. The van der Waals surface area contributed by atoms with Crippen LogP contribution >= 0.6 is 11.6 Å². The number of nitrogens with zero attached hydrogens (tertiary/aromatic N) is 1. The van der Waals surface area contributed by atoms with E-state index in [9.17, 15) is 13.2 Å². The van der Waals surface area contributed by atoms with Crippen molar-refractivity contribution < 1.29 is 13.2 Å². The Kier molecular flexibility index (Phi) is 6.31. The van der Waals surface area contributed by atoms with E-state index >= 15 is 0 Å². The topological polar surface area (TPSA) is 66.5 Å². The number of nitrogens with one attached hydrogen (secondary N) is 1. The summed E-state index contributed by atoms with van der Waals surface area (Å²) in [6, 6.07) is 12.4. The SMILES string of the molecule is CCc1ccc(C(C)NC(=O)c2cc(N(C)S(C)(=O)=O)ccc2Cl)cc1. The number of hydrogen-bond donors (Lipinski definition) is 1. The standard InChI is InChI=1S/C19H23ClN2O3S/c1-5-14-6-8-15(9-7-14)13(2)21-19(23)17-12-16(10-11-18(17)20)22(3)26(4,24)25/h6-13H,5H2,1-4H3,(H,21,23). The summed E-state index contributed by atoms with van der Waals surface area (Å²) in [5.41, 5.74) is 2.82. The van der Waals surface area contributed by atoms with Crippen molar-refractivity contribution in [2.24, 2.45) is 0 Å². The minimum absolute atomic E-state index is 0.208. The molecule has 1 atom stereocenters. The van der Waals surface area contributed by atoms with E-state index in [2.05, 4.69) is 12.2 Å². The van der Waals surface area contributed by atoms with Gasteiger partial charge in [-0.3, -0.25) is 9.10 Å². The maximum Gasteiger partial charge on any atom is 0.253 e. The first-order valence-electron chi connectivity index (χ1n) is 8.26. The van der Waals surface area contributed by atoms with Crippen molar-refractivity contribution >= 4 is 33.2 Å². The van der Waals surface area contributed by atoms with Gasteiger partial charge in [0.2, 0.25) is 10.0 Å². The van der Waals surface area contributed by atoms with Crippen LogP contribution in [0.4, 0.5) is 5.69 Å². The summed E-state index contributed by atoms with van der Waals surface area (Å²) in [4.78, 5) is 12.6. The molecule has 1 unspecified atom stereocenters. The average Bonchev–Trinajstić information content (AvgIpc) is 2.60. The maximum absolute atomic E-state index is 12.6. The Labute approximate surface area is 160 Å². The number of amides is 1. The molecule has 2 aromatic carbocycles. The van der Waals surface area contributed by atoms with Gasteiger partial charge in [-0.25, -0.2) is 8.42 Å². The van der Waals surface area contributed by atoms with Gasteiger partial charge in [0.05, 0.1) is 28.6 Å². The molecule has 0 bridgehead atoms. The van der Waals surface area contributed by atoms with Crippen molar-refractivity contribution in [2.75, 3.05) is 17.6 Å². The summed E-state index contributed by atoms with van der Waals surface area (Å²) in [6.07, 6.45) is 2.06. The van der Waals surface area contributed by atoms with Crippen molar-refractivity contribution in [3.63, 3.8) is 0 Å². The maximum atomic E-state index is 12.6. The van der Waals surface area contributed by atoms with E-state index in [1.165, 1.54) is 24.7 Å². The Hall–Kier alpha value is -2.05. The molecule has 2 rings (SSSR count). The molecule has 0 aliphatic heterocycles. The zero-order valence-electron chi connectivity index (χ0n) is 15.3. The second kappa shape index (κ2) is 8.10. The van der Waals surface area contributed by atoms with E-state index in [-0.39, 0.29) is 22.5 Å². The fourth-order valence-corrected chi connectivity index (χ4v) is 3.17. The monoisotopic (exact) mass is 394 g/mol. The molecule has 0 heterocycles. The molecule has 0 saturated heterocycles. The highest BCUT2D eigenvalue weighted by Gasteiger charge is 2.18. The number of rotatable bonds is 6. The number of anilines is 1. The van der Waals surface area contributed by atoms with Gasteiger partial charge in [0.1, 0.15) is 0 Å². The van der Waals surface area contributed by atoms with Crippen LogP contribution in [-0.2, 0) is 16.4 Å². The van der Waals surface area contributed by atoms with Crippen LogP contribution in [0.3, 0.4) is 0 Å². The third-order valence-corrected chi connectivity index (χ3v) is 5.83. The lowest BCUT2D eigenvalue weighted by molar-refractivity contribution is 0.0940. The number of halogens is 1. The molecule has 2 aromatic rings. The van der Waals surface area contributed by atoms with Gasteiger partial charge in [-0.15, -0.1) is 0 Å². The minimum atomic E-state index is -3.43. The highest BCUT2D eigenvalue weighted by atomic mass is 35.5. The predicted molar refractivity (Wildman–Crippen MR) is 106 cm³/mol. The quantitative estimate of drug-likeness (QED) is 0.810. The molecule has 140 valence electrons. The van der Waals surface area contributed by atoms with E-state index in [0.717, 1.165) is 22.5 Å². The van der Waals surface area contributed by atoms with Gasteiger partial charge < -0.3 is 5.32 Å². The van der Waals surface area contributed by atoms with Crippen LogP contribution in [0, 0.1) is 0 Å². The Morgan fingerprint density at radius 3 is 2.35 bits per heavy atom. The van der Waals surface area contributed by atoms with Crippen LogP contribution in [0.1, 0.15) is 41.4 Å². The fourth-order valence-electron chi connectivity index (χ4n) is 2.47. The second-order valence-electron chi connectivity index (χ2n) is 6.18. The molecule has 0 aromatic heterocycles. The summed E-state index contributed by atoms with van der Waals surface area (Å²) < 4.78 is 24.5. The Balaban J connectivity index is 2.22. The van der Waals surface area contributed by atoms with E-state index in [0.29, 0.717) is 5.69 Å². The van der Waals surface area contributed by atoms with Crippen molar-refractivity contribution in [3.8, 4) is 0 Å². The lowest BCUT2D eigenvalue weighted by Crippen LogP contribution is -2.28. The van der Waals surface area contributed by atoms with Gasteiger partial charge in [-0.05, 0) is 42.7 Å². The van der Waals surface area contributed by atoms with Gasteiger partial charge >= 0.3 is 0 Å². The van der Waals surface area contributed by atoms with Crippen molar-refractivity contribution in [2.45, 2.75) is 26.3 Å². The van der Waals surface area contributed by atoms with Crippen LogP contribution in [0.15, 0.2) is 42.5 Å². The Morgan fingerprint density at radius 2 is 1.81 bits per heavy atom.